The second-order valence-electron chi connectivity index (χ2n) is 6.19. The molecule has 4 atom stereocenters. The van der Waals surface area contributed by atoms with E-state index in [-0.39, 0.29) is 24.1 Å². The van der Waals surface area contributed by atoms with E-state index in [1.54, 1.807) is 0 Å². The first-order valence-electron chi connectivity index (χ1n) is 7.78. The highest BCUT2D eigenvalue weighted by Crippen LogP contribution is 2.24. The van der Waals surface area contributed by atoms with Crippen molar-refractivity contribution in [1.29, 1.82) is 0 Å². The Balaban J connectivity index is 1.80. The van der Waals surface area contributed by atoms with Gasteiger partial charge in [-0.15, -0.1) is 0 Å². The highest BCUT2D eigenvalue weighted by atomic mass is 16.5. The zero-order chi connectivity index (χ0) is 13.8. The molecule has 19 heavy (non-hydrogen) atoms. The zero-order valence-electron chi connectivity index (χ0n) is 12.3. The summed E-state index contributed by atoms with van der Waals surface area (Å²) in [6.45, 7) is 5.00. The van der Waals surface area contributed by atoms with Gasteiger partial charge in [0.2, 0.25) is 5.91 Å². The van der Waals surface area contributed by atoms with E-state index in [1.807, 2.05) is 11.8 Å². The number of carbonyl (C=O) groups excluding carboxylic acids is 1. The maximum absolute atomic E-state index is 12.4. The molecule has 0 bridgehead atoms. The summed E-state index contributed by atoms with van der Waals surface area (Å²) in [5.74, 6) is 0.269. The Labute approximate surface area is 116 Å². The third kappa shape index (κ3) is 3.93. The van der Waals surface area contributed by atoms with Crippen LogP contribution in [0.25, 0.3) is 0 Å². The lowest BCUT2D eigenvalue weighted by Crippen LogP contribution is -2.51. The molecule has 4 unspecified atom stereocenters. The molecule has 0 aromatic rings. The lowest BCUT2D eigenvalue weighted by Gasteiger charge is -2.38. The third-order valence-corrected chi connectivity index (χ3v) is 4.48. The summed E-state index contributed by atoms with van der Waals surface area (Å²) >= 11 is 0. The molecule has 0 aromatic carbocycles. The summed E-state index contributed by atoms with van der Waals surface area (Å²) in [5.41, 5.74) is 6.01. The van der Waals surface area contributed by atoms with Gasteiger partial charge in [0.1, 0.15) is 0 Å². The van der Waals surface area contributed by atoms with Gasteiger partial charge in [-0.1, -0.05) is 0 Å². The topological polar surface area (TPSA) is 55.6 Å². The first-order chi connectivity index (χ1) is 9.08. The van der Waals surface area contributed by atoms with Crippen molar-refractivity contribution in [3.8, 4) is 0 Å². The van der Waals surface area contributed by atoms with Crippen LogP contribution in [-0.4, -0.2) is 41.6 Å². The molecule has 2 fully saturated rings. The van der Waals surface area contributed by atoms with Crippen LogP contribution in [0.1, 0.15) is 58.8 Å². The molecule has 2 N–H and O–H groups in total. The Morgan fingerprint density at radius 3 is 2.79 bits per heavy atom. The monoisotopic (exact) mass is 268 g/mol. The molecular weight excluding hydrogens is 240 g/mol. The van der Waals surface area contributed by atoms with Crippen LogP contribution >= 0.6 is 0 Å². The number of likely N-dealkylation sites (tertiary alicyclic amines) is 1. The predicted molar refractivity (Wildman–Crippen MR) is 75.8 cm³/mol. The van der Waals surface area contributed by atoms with Crippen LogP contribution in [0.3, 0.4) is 0 Å². The van der Waals surface area contributed by atoms with E-state index in [0.29, 0.717) is 12.5 Å². The summed E-state index contributed by atoms with van der Waals surface area (Å²) < 4.78 is 5.78. The predicted octanol–water partition coefficient (Wildman–Crippen LogP) is 2.06. The lowest BCUT2D eigenvalue weighted by molar-refractivity contribution is -0.136. The van der Waals surface area contributed by atoms with Crippen molar-refractivity contribution in [1.82, 2.24) is 4.90 Å². The van der Waals surface area contributed by atoms with E-state index in [9.17, 15) is 4.79 Å². The summed E-state index contributed by atoms with van der Waals surface area (Å²) in [6, 6.07) is 0.316. The van der Waals surface area contributed by atoms with Crippen molar-refractivity contribution in [3.05, 3.63) is 0 Å². The van der Waals surface area contributed by atoms with Crippen molar-refractivity contribution in [3.63, 3.8) is 0 Å². The number of nitrogens with zero attached hydrogens (tertiary/aromatic N) is 1. The molecular formula is C15H28N2O2. The van der Waals surface area contributed by atoms with Crippen molar-refractivity contribution >= 4 is 5.91 Å². The van der Waals surface area contributed by atoms with Gasteiger partial charge in [0.25, 0.3) is 0 Å². The van der Waals surface area contributed by atoms with Crippen LogP contribution in [0.5, 0.6) is 0 Å². The highest BCUT2D eigenvalue weighted by Gasteiger charge is 2.30. The molecule has 2 aliphatic heterocycles. The quantitative estimate of drug-likeness (QED) is 0.849. The molecule has 0 aliphatic carbocycles. The van der Waals surface area contributed by atoms with Gasteiger partial charge in [0, 0.05) is 25.0 Å². The van der Waals surface area contributed by atoms with Gasteiger partial charge in [-0.25, -0.2) is 0 Å². The van der Waals surface area contributed by atoms with Crippen LogP contribution in [-0.2, 0) is 9.53 Å². The second-order valence-corrected chi connectivity index (χ2v) is 6.19. The minimum Gasteiger partial charge on any atom is -0.375 e. The van der Waals surface area contributed by atoms with Gasteiger partial charge < -0.3 is 15.4 Å². The molecule has 0 spiro atoms. The SMILES string of the molecule is CC1CCC(CCC(=O)N2CCCCC2C(C)N)O1. The number of amides is 1. The fourth-order valence-corrected chi connectivity index (χ4v) is 3.34. The molecule has 4 heteroatoms. The van der Waals surface area contributed by atoms with Gasteiger partial charge in [0.15, 0.2) is 0 Å². The van der Waals surface area contributed by atoms with Gasteiger partial charge in [-0.2, -0.15) is 0 Å². The van der Waals surface area contributed by atoms with Crippen LogP contribution < -0.4 is 5.73 Å². The Kier molecular flexibility index (Phi) is 5.22. The third-order valence-electron chi connectivity index (χ3n) is 4.48. The fraction of sp³-hybridized carbons (Fsp3) is 0.933. The highest BCUT2D eigenvalue weighted by molar-refractivity contribution is 5.76. The maximum Gasteiger partial charge on any atom is 0.222 e. The van der Waals surface area contributed by atoms with E-state index in [4.69, 9.17) is 10.5 Å². The van der Waals surface area contributed by atoms with E-state index < -0.39 is 0 Å². The normalized spacial score (nSPS) is 33.4. The van der Waals surface area contributed by atoms with Crippen molar-refractivity contribution < 1.29 is 9.53 Å². The number of carbonyl (C=O) groups is 1. The molecule has 0 radical (unpaired) electrons. The number of nitrogens with two attached hydrogens (primary N) is 1. The standard InChI is InChI=1S/C15H28N2O2/c1-11-6-7-13(19-11)8-9-15(18)17-10-4-3-5-14(17)12(2)16/h11-14H,3-10,16H2,1-2H3. The minimum atomic E-state index is 0.0759. The molecule has 0 saturated carbocycles. The van der Waals surface area contributed by atoms with E-state index in [0.717, 1.165) is 38.6 Å². The van der Waals surface area contributed by atoms with Crippen LogP contribution in [0.4, 0.5) is 0 Å². The number of piperidine rings is 1. The fourth-order valence-electron chi connectivity index (χ4n) is 3.34. The summed E-state index contributed by atoms with van der Waals surface area (Å²) in [4.78, 5) is 14.4. The van der Waals surface area contributed by atoms with Crippen molar-refractivity contribution in [2.75, 3.05) is 6.54 Å². The van der Waals surface area contributed by atoms with Gasteiger partial charge in [-0.3, -0.25) is 4.79 Å². The van der Waals surface area contributed by atoms with E-state index in [1.165, 1.54) is 6.42 Å². The van der Waals surface area contributed by atoms with E-state index in [2.05, 4.69) is 6.92 Å². The first-order valence-corrected chi connectivity index (χ1v) is 7.78. The number of rotatable bonds is 4. The molecule has 0 aromatic heterocycles. The zero-order valence-corrected chi connectivity index (χ0v) is 12.3. The molecule has 2 aliphatic rings. The number of ether oxygens (including phenoxy) is 1. The molecule has 2 heterocycles. The molecule has 4 nitrogen and oxygen atoms in total. The molecule has 1 amide bonds. The average Bonchev–Trinajstić information content (AvgIpc) is 2.81. The smallest absolute Gasteiger partial charge is 0.222 e. The van der Waals surface area contributed by atoms with Crippen molar-refractivity contribution in [2.24, 2.45) is 5.73 Å². The number of hydrogen-bond acceptors (Lipinski definition) is 3. The maximum atomic E-state index is 12.4. The lowest BCUT2D eigenvalue weighted by atomic mass is 9.96. The summed E-state index contributed by atoms with van der Waals surface area (Å²) in [7, 11) is 0. The molecule has 2 saturated heterocycles. The van der Waals surface area contributed by atoms with Crippen molar-refractivity contribution in [2.45, 2.75) is 83.1 Å². The molecule has 110 valence electrons. The van der Waals surface area contributed by atoms with Gasteiger partial charge in [0.05, 0.1) is 12.2 Å². The van der Waals surface area contributed by atoms with Gasteiger partial charge >= 0.3 is 0 Å². The van der Waals surface area contributed by atoms with Crippen LogP contribution in [0.2, 0.25) is 0 Å². The summed E-state index contributed by atoms with van der Waals surface area (Å²) in [6.07, 6.45) is 7.73. The largest absolute Gasteiger partial charge is 0.375 e. The second kappa shape index (κ2) is 6.71. The van der Waals surface area contributed by atoms with Crippen LogP contribution in [0.15, 0.2) is 0 Å². The Hall–Kier alpha value is -0.610. The minimum absolute atomic E-state index is 0.0759. The van der Waals surface area contributed by atoms with Gasteiger partial charge in [-0.05, 0) is 52.4 Å². The van der Waals surface area contributed by atoms with E-state index >= 15 is 0 Å². The molecule has 2 rings (SSSR count). The Morgan fingerprint density at radius 2 is 2.16 bits per heavy atom. The first kappa shape index (κ1) is 14.8. The summed E-state index contributed by atoms with van der Waals surface area (Å²) in [5, 5.41) is 0. The van der Waals surface area contributed by atoms with Crippen LogP contribution in [0, 0.1) is 0 Å². The number of hydrogen-bond donors (Lipinski definition) is 1. The average molecular weight is 268 g/mol. The Bertz CT molecular complexity index is 307. The Morgan fingerprint density at radius 1 is 1.37 bits per heavy atom.